The van der Waals surface area contributed by atoms with Crippen LogP contribution >= 0.6 is 11.3 Å². The van der Waals surface area contributed by atoms with Gasteiger partial charge in [0.05, 0.1) is 12.3 Å². The number of carbonyl (C=O) groups is 2. The maximum absolute atomic E-state index is 12.7. The van der Waals surface area contributed by atoms with Crippen molar-refractivity contribution >= 4 is 29.0 Å². The number of imide groups is 1. The Hall–Kier alpha value is -2.34. The molecule has 6 heteroatoms. The highest BCUT2D eigenvalue weighted by Gasteiger charge is 2.40. The Morgan fingerprint density at radius 1 is 1.22 bits per heavy atom. The first-order chi connectivity index (χ1) is 11.0. The highest BCUT2D eigenvalue weighted by molar-refractivity contribution is 7.12. The number of aryl methyl sites for hydroxylation is 2. The van der Waals surface area contributed by atoms with E-state index in [0.29, 0.717) is 12.3 Å². The molecule has 0 spiro atoms. The summed E-state index contributed by atoms with van der Waals surface area (Å²) in [5.41, 5.74) is 1.42. The number of nitrogens with zero attached hydrogens (tertiary/aromatic N) is 1. The molecule has 0 saturated carbocycles. The number of ether oxygens (including phenoxy) is 1. The summed E-state index contributed by atoms with van der Waals surface area (Å²) in [4.78, 5) is 28.2. The maximum Gasteiger partial charge on any atom is 0.329 e. The zero-order chi connectivity index (χ0) is 16.6. The van der Waals surface area contributed by atoms with Crippen molar-refractivity contribution in [2.75, 3.05) is 11.5 Å². The summed E-state index contributed by atoms with van der Waals surface area (Å²) in [5.74, 6) is 0.495. The molecule has 1 aromatic heterocycles. The first kappa shape index (κ1) is 15.6. The molecular formula is C17H18N2O3S. The third-order valence-electron chi connectivity index (χ3n) is 3.72. The molecule has 120 valence electrons. The number of hydrogen-bond acceptors (Lipinski definition) is 4. The predicted molar refractivity (Wildman–Crippen MR) is 90.2 cm³/mol. The van der Waals surface area contributed by atoms with Gasteiger partial charge in [0.15, 0.2) is 0 Å². The van der Waals surface area contributed by atoms with E-state index in [-0.39, 0.29) is 11.9 Å². The van der Waals surface area contributed by atoms with Gasteiger partial charge in [0.25, 0.3) is 5.91 Å². The molecule has 1 atom stereocenters. The summed E-state index contributed by atoms with van der Waals surface area (Å²) < 4.78 is 5.40. The second-order valence-electron chi connectivity index (χ2n) is 5.36. The molecule has 2 heterocycles. The highest BCUT2D eigenvalue weighted by atomic mass is 32.1. The Kier molecular flexibility index (Phi) is 4.09. The summed E-state index contributed by atoms with van der Waals surface area (Å²) in [5, 5.41) is 2.76. The predicted octanol–water partition coefficient (Wildman–Crippen LogP) is 3.56. The zero-order valence-corrected chi connectivity index (χ0v) is 14.1. The Bertz CT molecular complexity index is 752. The van der Waals surface area contributed by atoms with E-state index in [9.17, 15) is 9.59 Å². The average Bonchev–Trinajstić information content (AvgIpc) is 2.99. The van der Waals surface area contributed by atoms with Gasteiger partial charge in [-0.1, -0.05) is 12.1 Å². The van der Waals surface area contributed by atoms with Crippen molar-refractivity contribution in [1.29, 1.82) is 0 Å². The van der Waals surface area contributed by atoms with Crippen LogP contribution in [-0.2, 0) is 4.79 Å². The van der Waals surface area contributed by atoms with Crippen molar-refractivity contribution in [3.8, 4) is 5.75 Å². The maximum atomic E-state index is 12.7. The molecule has 5 nitrogen and oxygen atoms in total. The molecule has 0 radical (unpaired) electrons. The first-order valence-corrected chi connectivity index (χ1v) is 8.27. The van der Waals surface area contributed by atoms with Crippen molar-refractivity contribution in [2.24, 2.45) is 0 Å². The number of urea groups is 1. The Morgan fingerprint density at radius 3 is 2.48 bits per heavy atom. The minimum absolute atomic E-state index is 0.250. The van der Waals surface area contributed by atoms with Crippen molar-refractivity contribution in [3.63, 3.8) is 0 Å². The van der Waals surface area contributed by atoms with Crippen molar-refractivity contribution in [1.82, 2.24) is 5.32 Å². The second kappa shape index (κ2) is 6.04. The van der Waals surface area contributed by atoms with E-state index in [1.54, 1.807) is 23.5 Å². The molecule has 2 aromatic rings. The summed E-state index contributed by atoms with van der Waals surface area (Å²) in [7, 11) is 0. The molecule has 1 N–H and O–H groups in total. The van der Waals surface area contributed by atoms with E-state index in [1.807, 2.05) is 39.0 Å². The summed E-state index contributed by atoms with van der Waals surface area (Å²) in [6.45, 7) is 6.38. The lowest BCUT2D eigenvalue weighted by Crippen LogP contribution is -2.30. The third kappa shape index (κ3) is 2.82. The molecule has 0 aliphatic carbocycles. The first-order valence-electron chi connectivity index (χ1n) is 7.45. The molecule has 0 bridgehead atoms. The van der Waals surface area contributed by atoms with Crippen LogP contribution in [0.4, 0.5) is 10.5 Å². The minimum atomic E-state index is -0.655. The summed E-state index contributed by atoms with van der Waals surface area (Å²) in [6.07, 6.45) is 0. The van der Waals surface area contributed by atoms with Crippen LogP contribution in [-0.4, -0.2) is 18.5 Å². The fraction of sp³-hybridized carbons (Fsp3) is 0.294. The standard InChI is InChI=1S/C17H18N2O3S/c1-4-22-13-7-5-12(6-8-13)15-16(20)19(17(21)18-15)14-9-10(2)23-11(14)3/h5-9,15H,4H2,1-3H3,(H,18,21). The van der Waals surface area contributed by atoms with Crippen LogP contribution in [0.1, 0.15) is 28.3 Å². The van der Waals surface area contributed by atoms with Crippen LogP contribution in [0.5, 0.6) is 5.75 Å². The molecule has 23 heavy (non-hydrogen) atoms. The Morgan fingerprint density at radius 2 is 1.91 bits per heavy atom. The molecule has 1 aromatic carbocycles. The van der Waals surface area contributed by atoms with E-state index < -0.39 is 6.04 Å². The molecule has 3 amide bonds. The molecule has 1 aliphatic heterocycles. The number of benzene rings is 1. The lowest BCUT2D eigenvalue weighted by atomic mass is 10.1. The topological polar surface area (TPSA) is 58.6 Å². The number of thiophene rings is 1. The number of rotatable bonds is 4. The van der Waals surface area contributed by atoms with E-state index in [2.05, 4.69) is 5.32 Å². The number of hydrogen-bond donors (Lipinski definition) is 1. The van der Waals surface area contributed by atoms with Gasteiger partial charge in [-0.25, -0.2) is 9.69 Å². The number of nitrogens with one attached hydrogen (secondary N) is 1. The lowest BCUT2D eigenvalue weighted by Gasteiger charge is -2.13. The molecule has 1 unspecified atom stereocenters. The van der Waals surface area contributed by atoms with Gasteiger partial charge in [0, 0.05) is 9.75 Å². The van der Waals surface area contributed by atoms with E-state index in [1.165, 1.54) is 4.90 Å². The minimum Gasteiger partial charge on any atom is -0.494 e. The quantitative estimate of drug-likeness (QED) is 0.872. The van der Waals surface area contributed by atoms with E-state index in [0.717, 1.165) is 21.1 Å². The number of anilines is 1. The van der Waals surface area contributed by atoms with Crippen LogP contribution in [0.3, 0.4) is 0 Å². The molecular weight excluding hydrogens is 312 g/mol. The van der Waals surface area contributed by atoms with Crippen LogP contribution in [0.2, 0.25) is 0 Å². The van der Waals surface area contributed by atoms with Crippen LogP contribution in [0.15, 0.2) is 30.3 Å². The summed E-state index contributed by atoms with van der Waals surface area (Å²) in [6, 6.07) is 8.07. The number of carbonyl (C=O) groups excluding carboxylic acids is 2. The lowest BCUT2D eigenvalue weighted by molar-refractivity contribution is -0.118. The highest BCUT2D eigenvalue weighted by Crippen LogP contribution is 2.34. The summed E-state index contributed by atoms with van der Waals surface area (Å²) >= 11 is 1.57. The van der Waals surface area contributed by atoms with Crippen LogP contribution < -0.4 is 15.0 Å². The normalized spacial score (nSPS) is 17.5. The second-order valence-corrected chi connectivity index (χ2v) is 6.82. The van der Waals surface area contributed by atoms with Gasteiger partial charge < -0.3 is 10.1 Å². The van der Waals surface area contributed by atoms with Crippen molar-refractivity contribution in [2.45, 2.75) is 26.8 Å². The largest absolute Gasteiger partial charge is 0.494 e. The third-order valence-corrected chi connectivity index (χ3v) is 4.67. The van der Waals surface area contributed by atoms with Gasteiger partial charge in [-0.3, -0.25) is 4.79 Å². The number of amides is 3. The van der Waals surface area contributed by atoms with Gasteiger partial charge in [-0.05, 0) is 44.5 Å². The SMILES string of the molecule is CCOc1ccc(C2NC(=O)N(c3cc(C)sc3C)C2=O)cc1. The zero-order valence-electron chi connectivity index (χ0n) is 13.3. The molecule has 1 fully saturated rings. The fourth-order valence-electron chi connectivity index (χ4n) is 2.70. The molecule has 1 saturated heterocycles. The van der Waals surface area contributed by atoms with Gasteiger partial charge >= 0.3 is 6.03 Å². The van der Waals surface area contributed by atoms with Crippen LogP contribution in [0.25, 0.3) is 0 Å². The van der Waals surface area contributed by atoms with Gasteiger partial charge in [-0.2, -0.15) is 0 Å². The molecule has 1 aliphatic rings. The van der Waals surface area contributed by atoms with Crippen molar-refractivity contribution in [3.05, 3.63) is 45.6 Å². The smallest absolute Gasteiger partial charge is 0.329 e. The van der Waals surface area contributed by atoms with Gasteiger partial charge in [-0.15, -0.1) is 11.3 Å². The monoisotopic (exact) mass is 330 g/mol. The Balaban J connectivity index is 1.87. The average molecular weight is 330 g/mol. The van der Waals surface area contributed by atoms with E-state index in [4.69, 9.17) is 4.74 Å². The van der Waals surface area contributed by atoms with Gasteiger partial charge in [0.1, 0.15) is 11.8 Å². The van der Waals surface area contributed by atoms with Crippen molar-refractivity contribution < 1.29 is 14.3 Å². The van der Waals surface area contributed by atoms with Crippen LogP contribution in [0, 0.1) is 13.8 Å². The van der Waals surface area contributed by atoms with Gasteiger partial charge in [0.2, 0.25) is 0 Å². The Labute approximate surface area is 138 Å². The fourth-order valence-corrected chi connectivity index (χ4v) is 3.60. The molecule has 3 rings (SSSR count). The van der Waals surface area contributed by atoms with E-state index >= 15 is 0 Å².